The Morgan fingerprint density at radius 1 is 1.23 bits per heavy atom. The molecule has 0 N–H and O–H groups in total. The van der Waals surface area contributed by atoms with E-state index in [4.69, 9.17) is 0 Å². The first-order valence-electron chi connectivity index (χ1n) is 8.87. The smallest absolute Gasteiger partial charge is 0.124 e. The molecule has 0 heterocycles. The van der Waals surface area contributed by atoms with Crippen molar-refractivity contribution >= 4 is 6.29 Å². The lowest BCUT2D eigenvalue weighted by Crippen LogP contribution is -2.23. The third kappa shape index (κ3) is 5.59. The van der Waals surface area contributed by atoms with Gasteiger partial charge >= 0.3 is 0 Å². The van der Waals surface area contributed by atoms with Crippen LogP contribution in [-0.4, -0.2) is 6.29 Å². The predicted octanol–water partition coefficient (Wildman–Crippen LogP) is 6.56. The SMILES string of the molecule is CCC1(C)CCCC(C)=C1CC/C(C)=C/C/C=C(\C)CC=O. The molecule has 1 atom stereocenters. The first-order chi connectivity index (χ1) is 10.4. The average molecular weight is 303 g/mol. The first-order valence-corrected chi connectivity index (χ1v) is 8.87. The van der Waals surface area contributed by atoms with E-state index in [0.29, 0.717) is 11.8 Å². The quantitative estimate of drug-likeness (QED) is 0.367. The van der Waals surface area contributed by atoms with Crippen LogP contribution in [0.3, 0.4) is 0 Å². The van der Waals surface area contributed by atoms with Gasteiger partial charge in [-0.15, -0.1) is 0 Å². The number of hydrogen-bond acceptors (Lipinski definition) is 1. The number of rotatable bonds is 8. The van der Waals surface area contributed by atoms with Gasteiger partial charge in [-0.3, -0.25) is 0 Å². The van der Waals surface area contributed by atoms with E-state index in [2.05, 4.69) is 39.8 Å². The van der Waals surface area contributed by atoms with Crippen molar-refractivity contribution in [1.29, 1.82) is 0 Å². The zero-order chi connectivity index (χ0) is 16.6. The second kappa shape index (κ2) is 9.12. The lowest BCUT2D eigenvalue weighted by molar-refractivity contribution is -0.107. The Kier molecular flexibility index (Phi) is 7.85. The molecule has 1 rings (SSSR count). The molecule has 1 aliphatic carbocycles. The van der Waals surface area contributed by atoms with Crippen LogP contribution in [0.25, 0.3) is 0 Å². The van der Waals surface area contributed by atoms with Crippen molar-refractivity contribution in [1.82, 2.24) is 0 Å². The van der Waals surface area contributed by atoms with E-state index >= 15 is 0 Å². The summed E-state index contributed by atoms with van der Waals surface area (Å²) in [5.41, 5.74) is 6.44. The van der Waals surface area contributed by atoms with Crippen molar-refractivity contribution in [3.63, 3.8) is 0 Å². The van der Waals surface area contributed by atoms with Gasteiger partial charge in [0, 0.05) is 6.42 Å². The lowest BCUT2D eigenvalue weighted by atomic mass is 9.68. The molecule has 0 spiro atoms. The van der Waals surface area contributed by atoms with Gasteiger partial charge < -0.3 is 4.79 Å². The Morgan fingerprint density at radius 3 is 2.55 bits per heavy atom. The van der Waals surface area contributed by atoms with Gasteiger partial charge in [-0.25, -0.2) is 0 Å². The summed E-state index contributed by atoms with van der Waals surface area (Å²) >= 11 is 0. The summed E-state index contributed by atoms with van der Waals surface area (Å²) in [5, 5.41) is 0. The average Bonchev–Trinajstić information content (AvgIpc) is 2.47. The molecule has 1 unspecified atom stereocenters. The molecule has 0 fully saturated rings. The zero-order valence-corrected chi connectivity index (χ0v) is 15.3. The molecular weight excluding hydrogens is 268 g/mol. The van der Waals surface area contributed by atoms with Crippen LogP contribution in [0.4, 0.5) is 0 Å². The highest BCUT2D eigenvalue weighted by Gasteiger charge is 2.30. The van der Waals surface area contributed by atoms with Crippen LogP contribution in [0.15, 0.2) is 34.4 Å². The zero-order valence-electron chi connectivity index (χ0n) is 15.3. The van der Waals surface area contributed by atoms with Gasteiger partial charge in [0.1, 0.15) is 6.29 Å². The Morgan fingerprint density at radius 2 is 1.91 bits per heavy atom. The Hall–Kier alpha value is -1.11. The summed E-state index contributed by atoms with van der Waals surface area (Å²) in [7, 11) is 0. The molecule has 1 nitrogen and oxygen atoms in total. The molecule has 22 heavy (non-hydrogen) atoms. The molecule has 0 saturated heterocycles. The minimum atomic E-state index is 0.434. The summed E-state index contributed by atoms with van der Waals surface area (Å²) in [6.45, 7) is 11.4. The fraction of sp³-hybridized carbons (Fsp3) is 0.667. The Balaban J connectivity index is 2.60. The Labute approximate surface area is 137 Å². The predicted molar refractivity (Wildman–Crippen MR) is 97.0 cm³/mol. The van der Waals surface area contributed by atoms with Gasteiger partial charge in [-0.05, 0) is 71.1 Å². The highest BCUT2D eigenvalue weighted by molar-refractivity contribution is 5.53. The molecule has 124 valence electrons. The molecule has 0 amide bonds. The van der Waals surface area contributed by atoms with E-state index in [1.165, 1.54) is 49.7 Å². The molecule has 0 aromatic carbocycles. The molecule has 0 aromatic heterocycles. The highest BCUT2D eigenvalue weighted by Crippen LogP contribution is 2.45. The second-order valence-corrected chi connectivity index (χ2v) is 7.23. The van der Waals surface area contributed by atoms with E-state index in [1.807, 2.05) is 6.92 Å². The summed E-state index contributed by atoms with van der Waals surface area (Å²) in [6.07, 6.45) is 14.6. The number of aldehydes is 1. The largest absolute Gasteiger partial charge is 0.303 e. The van der Waals surface area contributed by atoms with Crippen molar-refractivity contribution in [3.8, 4) is 0 Å². The van der Waals surface area contributed by atoms with Crippen molar-refractivity contribution < 1.29 is 4.79 Å². The van der Waals surface area contributed by atoms with Gasteiger partial charge in [0.2, 0.25) is 0 Å². The fourth-order valence-electron chi connectivity index (χ4n) is 3.57. The van der Waals surface area contributed by atoms with Crippen LogP contribution in [0.5, 0.6) is 0 Å². The maximum absolute atomic E-state index is 10.4. The van der Waals surface area contributed by atoms with Gasteiger partial charge in [0.05, 0.1) is 0 Å². The fourth-order valence-corrected chi connectivity index (χ4v) is 3.57. The molecule has 0 aromatic rings. The number of carbonyl (C=O) groups is 1. The summed E-state index contributed by atoms with van der Waals surface area (Å²) in [6, 6.07) is 0. The van der Waals surface area contributed by atoms with Crippen molar-refractivity contribution in [2.24, 2.45) is 5.41 Å². The topological polar surface area (TPSA) is 17.1 Å². The van der Waals surface area contributed by atoms with Crippen LogP contribution in [0, 0.1) is 5.41 Å². The minimum Gasteiger partial charge on any atom is -0.303 e. The van der Waals surface area contributed by atoms with E-state index in [-0.39, 0.29) is 0 Å². The number of allylic oxidation sites excluding steroid dienone is 6. The van der Waals surface area contributed by atoms with Gasteiger partial charge in [0.25, 0.3) is 0 Å². The summed E-state index contributed by atoms with van der Waals surface area (Å²) in [5.74, 6) is 0. The van der Waals surface area contributed by atoms with Crippen molar-refractivity contribution in [2.75, 3.05) is 0 Å². The molecule has 0 aliphatic heterocycles. The van der Waals surface area contributed by atoms with Crippen LogP contribution >= 0.6 is 0 Å². The molecule has 1 aliphatic rings. The molecule has 1 heteroatoms. The van der Waals surface area contributed by atoms with E-state index in [0.717, 1.165) is 12.7 Å². The number of carbonyl (C=O) groups excluding carboxylic acids is 1. The van der Waals surface area contributed by atoms with Gasteiger partial charge in [-0.1, -0.05) is 48.3 Å². The van der Waals surface area contributed by atoms with Crippen molar-refractivity contribution in [3.05, 3.63) is 34.4 Å². The molecule has 0 radical (unpaired) electrons. The molecular formula is C21H34O. The van der Waals surface area contributed by atoms with E-state index in [9.17, 15) is 4.79 Å². The maximum Gasteiger partial charge on any atom is 0.124 e. The normalized spacial score (nSPS) is 23.9. The summed E-state index contributed by atoms with van der Waals surface area (Å²) in [4.78, 5) is 10.4. The van der Waals surface area contributed by atoms with Crippen LogP contribution in [-0.2, 0) is 4.79 Å². The van der Waals surface area contributed by atoms with Gasteiger partial charge in [-0.2, -0.15) is 0 Å². The molecule has 0 bridgehead atoms. The maximum atomic E-state index is 10.4. The van der Waals surface area contributed by atoms with E-state index < -0.39 is 0 Å². The van der Waals surface area contributed by atoms with Crippen LogP contribution < -0.4 is 0 Å². The third-order valence-corrected chi connectivity index (χ3v) is 5.41. The number of hydrogen-bond donors (Lipinski definition) is 0. The second-order valence-electron chi connectivity index (χ2n) is 7.23. The van der Waals surface area contributed by atoms with Crippen LogP contribution in [0.1, 0.15) is 86.0 Å². The Bertz CT molecular complexity index is 464. The lowest BCUT2D eigenvalue weighted by Gasteiger charge is -2.37. The van der Waals surface area contributed by atoms with E-state index in [1.54, 1.807) is 11.1 Å². The van der Waals surface area contributed by atoms with Crippen molar-refractivity contribution in [2.45, 2.75) is 86.0 Å². The molecule has 0 saturated carbocycles. The minimum absolute atomic E-state index is 0.434. The third-order valence-electron chi connectivity index (χ3n) is 5.41. The highest BCUT2D eigenvalue weighted by atomic mass is 16.1. The summed E-state index contributed by atoms with van der Waals surface area (Å²) < 4.78 is 0. The standard InChI is InChI=1S/C21H34O/c1-6-21(5)15-8-11-19(4)20(21)13-12-17(2)9-7-10-18(3)14-16-22/h9-10,16H,6-8,11-15H2,1-5H3/b17-9+,18-10+. The monoisotopic (exact) mass is 302 g/mol. The van der Waals surface area contributed by atoms with Crippen LogP contribution in [0.2, 0.25) is 0 Å². The van der Waals surface area contributed by atoms with Gasteiger partial charge in [0.15, 0.2) is 0 Å². The first kappa shape index (κ1) is 18.9.